The number of fused-ring (bicyclic) bond motifs is 2. The molecule has 0 spiro atoms. The predicted molar refractivity (Wildman–Crippen MR) is 179 cm³/mol. The van der Waals surface area contributed by atoms with Crippen molar-refractivity contribution in [2.24, 2.45) is 23.7 Å². The van der Waals surface area contributed by atoms with Crippen LogP contribution in [0.3, 0.4) is 0 Å². The fourth-order valence-corrected chi connectivity index (χ4v) is 9.54. The third-order valence-electron chi connectivity index (χ3n) is 10.4. The van der Waals surface area contributed by atoms with Gasteiger partial charge in [-0.1, -0.05) is 6.42 Å². The molecule has 1 aliphatic heterocycles. The van der Waals surface area contributed by atoms with E-state index in [4.69, 9.17) is 19.8 Å². The Morgan fingerprint density at radius 3 is 2.32 bits per heavy atom. The number of rotatable bonds is 18. The average Bonchev–Trinajstić information content (AvgIpc) is 3.66. The smallest absolute Gasteiger partial charge is 0.331 e. The van der Waals surface area contributed by atoms with Gasteiger partial charge in [-0.15, -0.1) is 0 Å². The van der Waals surface area contributed by atoms with Gasteiger partial charge in [0, 0.05) is 51.4 Å². The van der Waals surface area contributed by atoms with Crippen molar-refractivity contribution < 1.29 is 13.6 Å². The third-order valence-corrected chi connectivity index (χ3v) is 12.4. The number of aromatic nitrogens is 2. The van der Waals surface area contributed by atoms with E-state index in [0.717, 1.165) is 82.0 Å². The van der Waals surface area contributed by atoms with E-state index in [1.165, 1.54) is 57.8 Å². The Bertz CT molecular complexity index is 1040. The minimum absolute atomic E-state index is 0.397. The third kappa shape index (κ3) is 10.0. The molecule has 250 valence electrons. The SMILES string of the molecule is CCOP(=O)(CCN1CCN(c2cc(N)nc(NCC3CCC(CNCCCNC4CC5CCC4C5)CC3)n2)CC1)OCC. The van der Waals surface area contributed by atoms with Crippen molar-refractivity contribution in [2.75, 3.05) is 94.2 Å². The fourth-order valence-electron chi connectivity index (χ4n) is 7.90. The van der Waals surface area contributed by atoms with Gasteiger partial charge in [-0.05, 0) is 109 Å². The molecule has 5 N–H and O–H groups in total. The van der Waals surface area contributed by atoms with E-state index in [9.17, 15) is 4.57 Å². The van der Waals surface area contributed by atoms with E-state index >= 15 is 0 Å². The molecule has 0 amide bonds. The van der Waals surface area contributed by atoms with Gasteiger partial charge in [0.05, 0.1) is 19.4 Å². The molecule has 12 heteroatoms. The maximum Gasteiger partial charge on any atom is 0.331 e. The number of anilines is 3. The van der Waals surface area contributed by atoms with Crippen molar-refractivity contribution in [2.45, 2.75) is 77.7 Å². The van der Waals surface area contributed by atoms with Crippen molar-refractivity contribution in [1.29, 1.82) is 0 Å². The van der Waals surface area contributed by atoms with Gasteiger partial charge in [-0.25, -0.2) is 0 Å². The number of piperazine rings is 1. The Morgan fingerprint density at radius 1 is 0.932 bits per heavy atom. The van der Waals surface area contributed by atoms with Gasteiger partial charge >= 0.3 is 7.60 Å². The van der Waals surface area contributed by atoms with Crippen molar-refractivity contribution in [3.05, 3.63) is 6.07 Å². The van der Waals surface area contributed by atoms with Crippen LogP contribution in [-0.2, 0) is 13.6 Å². The van der Waals surface area contributed by atoms with Crippen LogP contribution in [0.15, 0.2) is 6.07 Å². The summed E-state index contributed by atoms with van der Waals surface area (Å²) < 4.78 is 23.7. The van der Waals surface area contributed by atoms with Gasteiger partial charge in [0.2, 0.25) is 5.95 Å². The Morgan fingerprint density at radius 2 is 1.66 bits per heavy atom. The second kappa shape index (κ2) is 16.9. The van der Waals surface area contributed by atoms with Gasteiger partial charge in [0.15, 0.2) is 0 Å². The van der Waals surface area contributed by atoms with Crippen LogP contribution in [0.2, 0.25) is 0 Å². The highest BCUT2D eigenvalue weighted by Gasteiger charge is 2.38. The Balaban J connectivity index is 0.948. The molecule has 3 saturated carbocycles. The second-order valence-corrected chi connectivity index (χ2v) is 15.7. The molecule has 1 saturated heterocycles. The van der Waals surface area contributed by atoms with E-state index in [1.807, 2.05) is 19.9 Å². The zero-order valence-corrected chi connectivity index (χ0v) is 28.2. The highest BCUT2D eigenvalue weighted by molar-refractivity contribution is 7.53. The summed E-state index contributed by atoms with van der Waals surface area (Å²) in [7, 11) is -3.02. The molecular weight excluding hydrogens is 575 g/mol. The zero-order chi connectivity index (χ0) is 30.8. The average molecular weight is 635 g/mol. The number of hydrogen-bond donors (Lipinski definition) is 4. The lowest BCUT2D eigenvalue weighted by atomic mass is 9.82. The van der Waals surface area contributed by atoms with E-state index in [-0.39, 0.29) is 0 Å². The lowest BCUT2D eigenvalue weighted by molar-refractivity contribution is 0.209. The van der Waals surface area contributed by atoms with Crippen LogP contribution in [0.1, 0.15) is 71.6 Å². The van der Waals surface area contributed by atoms with Gasteiger partial charge in [-0.3, -0.25) is 9.46 Å². The first-order valence-corrected chi connectivity index (χ1v) is 19.3. The molecule has 1 aromatic heterocycles. The summed E-state index contributed by atoms with van der Waals surface area (Å²) in [6.07, 6.45) is 12.6. The fraction of sp³-hybridized carbons (Fsp3) is 0.875. The predicted octanol–water partition coefficient (Wildman–Crippen LogP) is 4.42. The molecular formula is C32H59N8O3P. The van der Waals surface area contributed by atoms with Gasteiger partial charge in [0.25, 0.3) is 0 Å². The molecule has 2 bridgehead atoms. The molecule has 4 fully saturated rings. The van der Waals surface area contributed by atoms with Crippen LogP contribution >= 0.6 is 7.60 Å². The number of nitrogens with zero attached hydrogens (tertiary/aromatic N) is 4. The zero-order valence-electron chi connectivity index (χ0n) is 27.4. The summed E-state index contributed by atoms with van der Waals surface area (Å²) in [5.41, 5.74) is 6.20. The lowest BCUT2D eigenvalue weighted by Gasteiger charge is -2.36. The van der Waals surface area contributed by atoms with Crippen LogP contribution in [0.5, 0.6) is 0 Å². The Hall–Kier alpha value is -1.49. The molecule has 2 heterocycles. The highest BCUT2D eigenvalue weighted by atomic mass is 31.2. The van der Waals surface area contributed by atoms with Crippen molar-refractivity contribution >= 4 is 25.2 Å². The van der Waals surface area contributed by atoms with E-state index in [0.29, 0.717) is 43.6 Å². The molecule has 4 aliphatic rings. The van der Waals surface area contributed by atoms with Crippen LogP contribution in [0.4, 0.5) is 17.6 Å². The van der Waals surface area contributed by atoms with E-state index < -0.39 is 7.60 Å². The van der Waals surface area contributed by atoms with Gasteiger partial charge in [-0.2, -0.15) is 9.97 Å². The first-order valence-electron chi connectivity index (χ1n) is 17.6. The summed E-state index contributed by atoms with van der Waals surface area (Å²) in [4.78, 5) is 13.9. The van der Waals surface area contributed by atoms with Crippen molar-refractivity contribution in [3.8, 4) is 0 Å². The monoisotopic (exact) mass is 634 g/mol. The molecule has 0 radical (unpaired) electrons. The minimum Gasteiger partial charge on any atom is -0.383 e. The summed E-state index contributed by atoms with van der Waals surface area (Å²) in [6, 6.07) is 2.68. The topological polar surface area (TPSA) is 130 Å². The van der Waals surface area contributed by atoms with E-state index in [2.05, 4.69) is 30.7 Å². The Kier molecular flexibility index (Phi) is 13.0. The molecule has 3 aliphatic carbocycles. The molecule has 11 nitrogen and oxygen atoms in total. The molecule has 44 heavy (non-hydrogen) atoms. The molecule has 0 aromatic carbocycles. The standard InChI is InChI=1S/C32H59N8O3P/c1-3-42-44(41,43-4-2)19-18-39-14-16-40(17-15-39)31-22-30(33)37-32(38-31)36-24-26-8-6-25(7-9-26)23-34-12-5-13-35-29-21-27-10-11-28(29)20-27/h22,25-29,34-35H,3-21,23-24H2,1-2H3,(H3,33,36,37,38). The van der Waals surface area contributed by atoms with Crippen LogP contribution < -0.4 is 26.6 Å². The molecule has 3 unspecified atom stereocenters. The molecule has 5 rings (SSSR count). The number of nitrogens with one attached hydrogen (secondary N) is 3. The van der Waals surface area contributed by atoms with Gasteiger partial charge in [0.1, 0.15) is 11.6 Å². The quantitative estimate of drug-likeness (QED) is 0.135. The van der Waals surface area contributed by atoms with Crippen LogP contribution in [0.25, 0.3) is 0 Å². The normalized spacial score (nSPS) is 27.7. The van der Waals surface area contributed by atoms with Crippen LogP contribution in [-0.4, -0.2) is 99.2 Å². The van der Waals surface area contributed by atoms with Crippen molar-refractivity contribution in [3.63, 3.8) is 0 Å². The first kappa shape index (κ1) is 33.9. The van der Waals surface area contributed by atoms with Gasteiger partial charge < -0.3 is 35.6 Å². The highest BCUT2D eigenvalue weighted by Crippen LogP contribution is 2.47. The van der Waals surface area contributed by atoms with Crippen LogP contribution in [0, 0.1) is 23.7 Å². The summed E-state index contributed by atoms with van der Waals surface area (Å²) >= 11 is 0. The summed E-state index contributed by atoms with van der Waals surface area (Å²) in [5, 5.41) is 11.1. The van der Waals surface area contributed by atoms with Crippen molar-refractivity contribution in [1.82, 2.24) is 25.5 Å². The summed E-state index contributed by atoms with van der Waals surface area (Å²) in [5.74, 6) is 5.43. The maximum atomic E-state index is 12.8. The summed E-state index contributed by atoms with van der Waals surface area (Å²) in [6.45, 7) is 12.9. The van der Waals surface area contributed by atoms with E-state index in [1.54, 1.807) is 0 Å². The number of nitrogens with two attached hydrogens (primary N) is 1. The second-order valence-electron chi connectivity index (χ2n) is 13.5. The maximum absolute atomic E-state index is 12.8. The molecule has 1 aromatic rings. The number of hydrogen-bond acceptors (Lipinski definition) is 11. The molecule has 3 atom stereocenters. The lowest BCUT2D eigenvalue weighted by Crippen LogP contribution is -2.47. The Labute approximate surface area is 265 Å². The minimum atomic E-state index is -3.02. The first-order chi connectivity index (χ1) is 21.4. The largest absolute Gasteiger partial charge is 0.383 e. The number of nitrogen functional groups attached to an aromatic ring is 1.